The van der Waals surface area contributed by atoms with Gasteiger partial charge in [0.2, 0.25) is 5.91 Å². The van der Waals surface area contributed by atoms with Crippen molar-refractivity contribution in [2.45, 2.75) is 82.7 Å². The normalized spacial score (nSPS) is 29.6. The van der Waals surface area contributed by atoms with Crippen LogP contribution in [0, 0.1) is 5.92 Å². The molecule has 24 heavy (non-hydrogen) atoms. The summed E-state index contributed by atoms with van der Waals surface area (Å²) in [7, 11) is 0. The summed E-state index contributed by atoms with van der Waals surface area (Å²) in [6, 6.07) is -0.0974. The third-order valence-corrected chi connectivity index (χ3v) is 5.97. The van der Waals surface area contributed by atoms with E-state index in [9.17, 15) is 14.4 Å². The molecule has 6 nitrogen and oxygen atoms in total. The summed E-state index contributed by atoms with van der Waals surface area (Å²) in [6.45, 7) is 2.35. The molecule has 0 bridgehead atoms. The van der Waals surface area contributed by atoms with Gasteiger partial charge < -0.3 is 10.6 Å². The summed E-state index contributed by atoms with van der Waals surface area (Å²) < 4.78 is 0. The molecule has 3 aliphatic rings. The van der Waals surface area contributed by atoms with Crippen LogP contribution in [0.5, 0.6) is 0 Å². The Bertz CT molecular complexity index is 514. The highest BCUT2D eigenvalue weighted by atomic mass is 16.2. The SMILES string of the molecule is CC1CCCCC1NC(=O)CCN1C(=O)NC2(CCCCC2)C1=O. The molecule has 2 aliphatic carbocycles. The number of hydrogen-bond acceptors (Lipinski definition) is 3. The molecule has 0 radical (unpaired) electrons. The first-order chi connectivity index (χ1) is 11.5. The Hall–Kier alpha value is -1.59. The Morgan fingerprint density at radius 1 is 1.17 bits per heavy atom. The van der Waals surface area contributed by atoms with Gasteiger partial charge in [0.1, 0.15) is 5.54 Å². The number of imide groups is 1. The lowest BCUT2D eigenvalue weighted by Crippen LogP contribution is -2.48. The highest BCUT2D eigenvalue weighted by Crippen LogP contribution is 2.33. The van der Waals surface area contributed by atoms with Crippen LogP contribution < -0.4 is 10.6 Å². The van der Waals surface area contributed by atoms with Crippen molar-refractivity contribution in [2.24, 2.45) is 5.92 Å². The van der Waals surface area contributed by atoms with Gasteiger partial charge in [-0.1, -0.05) is 39.0 Å². The van der Waals surface area contributed by atoms with E-state index in [0.717, 1.165) is 51.4 Å². The highest BCUT2D eigenvalue weighted by Gasteiger charge is 2.51. The predicted octanol–water partition coefficient (Wildman–Crippen LogP) is 2.33. The Morgan fingerprint density at radius 2 is 1.88 bits per heavy atom. The van der Waals surface area contributed by atoms with Gasteiger partial charge in [0.15, 0.2) is 0 Å². The molecule has 134 valence electrons. The topological polar surface area (TPSA) is 78.5 Å². The van der Waals surface area contributed by atoms with Gasteiger partial charge in [-0.05, 0) is 31.6 Å². The molecule has 2 saturated carbocycles. The van der Waals surface area contributed by atoms with E-state index in [-0.39, 0.29) is 36.9 Å². The maximum atomic E-state index is 12.7. The predicted molar refractivity (Wildman–Crippen MR) is 90.2 cm³/mol. The minimum absolute atomic E-state index is 0.0565. The number of nitrogens with zero attached hydrogens (tertiary/aromatic N) is 1. The summed E-state index contributed by atoms with van der Waals surface area (Å²) in [5.41, 5.74) is -0.691. The number of carbonyl (C=O) groups is 3. The van der Waals surface area contributed by atoms with Crippen LogP contribution in [0.4, 0.5) is 4.79 Å². The van der Waals surface area contributed by atoms with Crippen LogP contribution in [0.3, 0.4) is 0 Å². The van der Waals surface area contributed by atoms with Crippen LogP contribution >= 0.6 is 0 Å². The zero-order valence-electron chi connectivity index (χ0n) is 14.6. The van der Waals surface area contributed by atoms with Crippen molar-refractivity contribution < 1.29 is 14.4 Å². The molecule has 0 aromatic heterocycles. The van der Waals surface area contributed by atoms with Gasteiger partial charge in [0.25, 0.3) is 5.91 Å². The minimum Gasteiger partial charge on any atom is -0.353 e. The molecule has 2 unspecified atom stereocenters. The van der Waals surface area contributed by atoms with Crippen LogP contribution in [0.15, 0.2) is 0 Å². The third-order valence-electron chi connectivity index (χ3n) is 5.97. The highest BCUT2D eigenvalue weighted by molar-refractivity contribution is 6.07. The van der Waals surface area contributed by atoms with E-state index >= 15 is 0 Å². The summed E-state index contributed by atoms with van der Waals surface area (Å²) in [5, 5.41) is 5.97. The number of carbonyl (C=O) groups excluding carboxylic acids is 3. The lowest BCUT2D eigenvalue weighted by atomic mass is 9.82. The van der Waals surface area contributed by atoms with E-state index in [1.165, 1.54) is 11.3 Å². The second kappa shape index (κ2) is 7.11. The average molecular weight is 335 g/mol. The largest absolute Gasteiger partial charge is 0.353 e. The Balaban J connectivity index is 1.51. The van der Waals surface area contributed by atoms with E-state index in [1.54, 1.807) is 0 Å². The van der Waals surface area contributed by atoms with Gasteiger partial charge in [-0.3, -0.25) is 14.5 Å². The smallest absolute Gasteiger partial charge is 0.325 e. The fraction of sp³-hybridized carbons (Fsp3) is 0.833. The van der Waals surface area contributed by atoms with Gasteiger partial charge in [-0.2, -0.15) is 0 Å². The van der Waals surface area contributed by atoms with E-state index in [4.69, 9.17) is 0 Å². The first kappa shape index (κ1) is 17.2. The molecule has 2 N–H and O–H groups in total. The molecule has 1 saturated heterocycles. The van der Waals surface area contributed by atoms with Crippen molar-refractivity contribution in [1.82, 2.24) is 15.5 Å². The zero-order valence-corrected chi connectivity index (χ0v) is 14.6. The van der Waals surface area contributed by atoms with Crippen LogP contribution in [0.1, 0.15) is 71.1 Å². The zero-order chi connectivity index (χ0) is 17.2. The van der Waals surface area contributed by atoms with Crippen molar-refractivity contribution in [3.63, 3.8) is 0 Å². The lowest BCUT2D eigenvalue weighted by molar-refractivity contribution is -0.132. The first-order valence-electron chi connectivity index (χ1n) is 9.45. The molecule has 1 aliphatic heterocycles. The summed E-state index contributed by atoms with van der Waals surface area (Å²) >= 11 is 0. The van der Waals surface area contributed by atoms with Crippen LogP contribution in [-0.4, -0.2) is 40.9 Å². The van der Waals surface area contributed by atoms with Crippen LogP contribution in [0.2, 0.25) is 0 Å². The molecule has 3 fully saturated rings. The van der Waals surface area contributed by atoms with Crippen molar-refractivity contribution in [1.29, 1.82) is 0 Å². The fourth-order valence-corrected chi connectivity index (χ4v) is 4.40. The van der Waals surface area contributed by atoms with Gasteiger partial charge in [0, 0.05) is 19.0 Å². The molecule has 1 spiro atoms. The quantitative estimate of drug-likeness (QED) is 0.774. The van der Waals surface area contributed by atoms with Gasteiger partial charge in [-0.25, -0.2) is 4.79 Å². The molecule has 4 amide bonds. The Kier molecular flexibility index (Phi) is 5.11. The second-order valence-electron chi connectivity index (χ2n) is 7.72. The average Bonchev–Trinajstić information content (AvgIpc) is 2.79. The Morgan fingerprint density at radius 3 is 2.58 bits per heavy atom. The number of hydrogen-bond donors (Lipinski definition) is 2. The van der Waals surface area contributed by atoms with Gasteiger partial charge >= 0.3 is 6.03 Å². The molecule has 6 heteroatoms. The van der Waals surface area contributed by atoms with Crippen molar-refractivity contribution >= 4 is 17.8 Å². The summed E-state index contributed by atoms with van der Waals surface area (Å²) in [6.07, 6.45) is 9.27. The van der Waals surface area contributed by atoms with Crippen molar-refractivity contribution in [3.8, 4) is 0 Å². The molecule has 1 heterocycles. The molecule has 0 aromatic carbocycles. The monoisotopic (exact) mass is 335 g/mol. The second-order valence-corrected chi connectivity index (χ2v) is 7.72. The van der Waals surface area contributed by atoms with Crippen LogP contribution in [-0.2, 0) is 9.59 Å². The molecular weight excluding hydrogens is 306 g/mol. The molecular formula is C18H29N3O3. The number of urea groups is 1. The summed E-state index contributed by atoms with van der Waals surface area (Å²) in [5.74, 6) is 0.315. The third kappa shape index (κ3) is 3.42. The lowest BCUT2D eigenvalue weighted by Gasteiger charge is -2.30. The van der Waals surface area contributed by atoms with Gasteiger partial charge in [-0.15, -0.1) is 0 Å². The number of amides is 4. The molecule has 2 atom stereocenters. The molecule has 3 rings (SSSR count). The van der Waals surface area contributed by atoms with E-state index in [1.807, 2.05) is 0 Å². The van der Waals surface area contributed by atoms with Crippen molar-refractivity contribution in [2.75, 3.05) is 6.54 Å². The fourth-order valence-electron chi connectivity index (χ4n) is 4.40. The van der Waals surface area contributed by atoms with E-state index in [2.05, 4.69) is 17.6 Å². The minimum atomic E-state index is -0.691. The number of nitrogens with one attached hydrogen (secondary N) is 2. The standard InChI is InChI=1S/C18H29N3O3/c1-13-7-3-4-8-14(13)19-15(22)9-12-21-16(23)18(20-17(21)24)10-5-2-6-11-18/h13-14H,2-12H2,1H3,(H,19,22)(H,20,24). The molecule has 0 aromatic rings. The van der Waals surface area contributed by atoms with Crippen LogP contribution in [0.25, 0.3) is 0 Å². The maximum Gasteiger partial charge on any atom is 0.325 e. The van der Waals surface area contributed by atoms with Crippen molar-refractivity contribution in [3.05, 3.63) is 0 Å². The van der Waals surface area contributed by atoms with Gasteiger partial charge in [0.05, 0.1) is 0 Å². The first-order valence-corrected chi connectivity index (χ1v) is 9.45. The number of rotatable bonds is 4. The summed E-state index contributed by atoms with van der Waals surface area (Å²) in [4.78, 5) is 38.3. The Labute approximate surface area is 143 Å². The van der Waals surface area contributed by atoms with E-state index < -0.39 is 5.54 Å². The maximum absolute atomic E-state index is 12.7. The van der Waals surface area contributed by atoms with E-state index in [0.29, 0.717) is 5.92 Å².